The van der Waals surface area contributed by atoms with Gasteiger partial charge in [0.1, 0.15) is 6.07 Å². The third kappa shape index (κ3) is 5.13. The molecule has 3 N–H and O–H groups in total. The number of halogens is 3. The minimum absolute atomic E-state index is 0.0813. The van der Waals surface area contributed by atoms with Gasteiger partial charge < -0.3 is 20.3 Å². The lowest BCUT2D eigenvalue weighted by atomic mass is 10.1. The van der Waals surface area contributed by atoms with Gasteiger partial charge in [-0.2, -0.15) is 18.4 Å². The molecule has 0 aromatic carbocycles. The summed E-state index contributed by atoms with van der Waals surface area (Å²) < 4.78 is 43.1. The summed E-state index contributed by atoms with van der Waals surface area (Å²) in [7, 11) is 0. The van der Waals surface area contributed by atoms with Crippen LogP contribution >= 0.6 is 0 Å². The maximum Gasteiger partial charge on any atom is 0.419 e. The van der Waals surface area contributed by atoms with E-state index in [0.29, 0.717) is 6.07 Å². The van der Waals surface area contributed by atoms with Crippen molar-refractivity contribution < 1.29 is 37.7 Å². The van der Waals surface area contributed by atoms with Crippen LogP contribution in [0.2, 0.25) is 0 Å². The van der Waals surface area contributed by atoms with Crippen molar-refractivity contribution in [2.75, 3.05) is 18.5 Å². The molecule has 0 radical (unpaired) electrons. The molecule has 0 spiro atoms. The van der Waals surface area contributed by atoms with Crippen LogP contribution in [0.5, 0.6) is 0 Å². The Balaban J connectivity index is 2.96. The van der Waals surface area contributed by atoms with Crippen molar-refractivity contribution in [2.45, 2.75) is 25.1 Å². The number of pyridine rings is 1. The number of aliphatic hydroxyl groups excluding tert-OH is 1. The van der Waals surface area contributed by atoms with E-state index >= 15 is 0 Å². The van der Waals surface area contributed by atoms with Gasteiger partial charge in [-0.1, -0.05) is 0 Å². The first kappa shape index (κ1) is 20.3. The van der Waals surface area contributed by atoms with Crippen molar-refractivity contribution in [3.05, 3.63) is 23.5 Å². The largest absolute Gasteiger partial charge is 0.463 e. The molecule has 1 heterocycles. The first-order valence-corrected chi connectivity index (χ1v) is 6.83. The smallest absolute Gasteiger partial charge is 0.419 e. The molecule has 1 rings (SSSR count). The number of nitrogens with one attached hydrogen (secondary N) is 1. The molecule has 0 fully saturated rings. The number of hydrogen-bond acceptors (Lipinski definition) is 7. The lowest BCUT2D eigenvalue weighted by Crippen LogP contribution is -2.48. The van der Waals surface area contributed by atoms with Gasteiger partial charge in [-0.3, -0.25) is 4.79 Å². The second kappa shape index (κ2) is 7.91. The van der Waals surface area contributed by atoms with Gasteiger partial charge in [0.25, 0.3) is 5.91 Å². The van der Waals surface area contributed by atoms with Gasteiger partial charge in [0.05, 0.1) is 24.1 Å². The SMILES string of the molecule is CC(O)(C(=O)Nc1cnc(C#N)c(C(F)(F)F)c1)C(=O)OCCCO. The number of alkyl halides is 3. The fraction of sp³-hybridized carbons (Fsp3) is 0.429. The highest BCUT2D eigenvalue weighted by molar-refractivity contribution is 6.11. The number of aromatic nitrogens is 1. The van der Waals surface area contributed by atoms with E-state index in [0.717, 1.165) is 13.1 Å². The van der Waals surface area contributed by atoms with Gasteiger partial charge in [-0.15, -0.1) is 0 Å². The molecule has 0 aliphatic heterocycles. The second-order valence-electron chi connectivity index (χ2n) is 4.97. The maximum atomic E-state index is 12.8. The normalized spacial score (nSPS) is 13.5. The summed E-state index contributed by atoms with van der Waals surface area (Å²) in [5.74, 6) is -2.68. The number of rotatable bonds is 6. The molecule has 8 nitrogen and oxygen atoms in total. The van der Waals surface area contributed by atoms with Crippen LogP contribution in [0.3, 0.4) is 0 Å². The van der Waals surface area contributed by atoms with Crippen molar-refractivity contribution in [3.8, 4) is 6.07 Å². The maximum absolute atomic E-state index is 12.8. The second-order valence-corrected chi connectivity index (χ2v) is 4.97. The summed E-state index contributed by atoms with van der Waals surface area (Å²) in [5.41, 5.74) is -5.42. The molecular weight excluding hydrogens is 347 g/mol. The summed E-state index contributed by atoms with van der Waals surface area (Å²) >= 11 is 0. The van der Waals surface area contributed by atoms with E-state index in [1.165, 1.54) is 6.07 Å². The fourth-order valence-electron chi connectivity index (χ4n) is 1.55. The number of anilines is 1. The Morgan fingerprint density at radius 3 is 2.60 bits per heavy atom. The Kier molecular flexibility index (Phi) is 6.43. The summed E-state index contributed by atoms with van der Waals surface area (Å²) in [6.07, 6.45) is -4.03. The molecule has 0 saturated heterocycles. The summed E-state index contributed by atoms with van der Waals surface area (Å²) in [5, 5.41) is 29.0. The monoisotopic (exact) mass is 361 g/mol. The predicted octanol–water partition coefficient (Wildman–Crippen LogP) is 0.587. The lowest BCUT2D eigenvalue weighted by Gasteiger charge is -2.20. The third-order valence-electron chi connectivity index (χ3n) is 2.93. The number of aliphatic hydroxyl groups is 2. The van der Waals surface area contributed by atoms with Crippen LogP contribution in [0.4, 0.5) is 18.9 Å². The number of esters is 1. The predicted molar refractivity (Wildman–Crippen MR) is 75.9 cm³/mol. The number of ether oxygens (including phenoxy) is 1. The van der Waals surface area contributed by atoms with Gasteiger partial charge in [-0.25, -0.2) is 9.78 Å². The molecule has 1 aromatic rings. The highest BCUT2D eigenvalue weighted by Crippen LogP contribution is 2.32. The van der Waals surface area contributed by atoms with E-state index in [1.807, 2.05) is 5.32 Å². The van der Waals surface area contributed by atoms with Gasteiger partial charge in [-0.05, 0) is 13.0 Å². The molecule has 136 valence electrons. The zero-order valence-corrected chi connectivity index (χ0v) is 12.9. The molecule has 1 amide bonds. The van der Waals surface area contributed by atoms with Crippen LogP contribution in [0, 0.1) is 11.3 Å². The number of nitrogens with zero attached hydrogens (tertiary/aromatic N) is 2. The van der Waals surface area contributed by atoms with Crippen molar-refractivity contribution in [3.63, 3.8) is 0 Å². The molecule has 1 atom stereocenters. The zero-order valence-electron chi connectivity index (χ0n) is 12.9. The number of nitriles is 1. The Labute approximate surface area is 139 Å². The minimum atomic E-state index is -4.88. The Morgan fingerprint density at radius 1 is 1.44 bits per heavy atom. The first-order chi connectivity index (χ1) is 11.5. The lowest BCUT2D eigenvalue weighted by molar-refractivity contribution is -0.167. The van der Waals surface area contributed by atoms with E-state index in [1.54, 1.807) is 0 Å². The fourth-order valence-corrected chi connectivity index (χ4v) is 1.55. The standard InChI is InChI=1S/C14H14F3N3O5/c1-13(24,12(23)25-4-2-3-21)11(22)20-8-5-9(14(15,16)17)10(6-18)19-7-8/h5,7,21,24H,2-4H2,1H3,(H,20,22). The zero-order chi connectivity index (χ0) is 19.3. The average Bonchev–Trinajstić information content (AvgIpc) is 2.53. The number of hydrogen-bond donors (Lipinski definition) is 3. The van der Waals surface area contributed by atoms with E-state index in [4.69, 9.17) is 10.4 Å². The van der Waals surface area contributed by atoms with E-state index in [9.17, 15) is 27.9 Å². The van der Waals surface area contributed by atoms with Crippen molar-refractivity contribution in [2.24, 2.45) is 0 Å². The van der Waals surface area contributed by atoms with Gasteiger partial charge in [0.2, 0.25) is 5.60 Å². The van der Waals surface area contributed by atoms with E-state index in [2.05, 4.69) is 9.72 Å². The van der Waals surface area contributed by atoms with Crippen LogP contribution in [0.1, 0.15) is 24.6 Å². The van der Waals surface area contributed by atoms with Crippen LogP contribution in [-0.4, -0.2) is 45.9 Å². The first-order valence-electron chi connectivity index (χ1n) is 6.83. The van der Waals surface area contributed by atoms with Crippen molar-refractivity contribution >= 4 is 17.6 Å². The molecule has 0 bridgehead atoms. The number of amides is 1. The molecule has 0 aliphatic rings. The summed E-state index contributed by atoms with van der Waals surface area (Å²) in [6, 6.07) is 1.73. The summed E-state index contributed by atoms with van der Waals surface area (Å²) in [6.45, 7) is 0.263. The average molecular weight is 361 g/mol. The summed E-state index contributed by atoms with van der Waals surface area (Å²) in [4.78, 5) is 26.9. The Bertz CT molecular complexity index is 698. The van der Waals surface area contributed by atoms with Gasteiger partial charge >= 0.3 is 12.1 Å². The van der Waals surface area contributed by atoms with Crippen LogP contribution in [0.15, 0.2) is 12.3 Å². The van der Waals surface area contributed by atoms with Gasteiger partial charge in [0.15, 0.2) is 5.69 Å². The van der Waals surface area contributed by atoms with E-state index < -0.39 is 40.6 Å². The van der Waals surface area contributed by atoms with Crippen molar-refractivity contribution in [1.29, 1.82) is 5.26 Å². The quantitative estimate of drug-likeness (QED) is 0.384. The highest BCUT2D eigenvalue weighted by Gasteiger charge is 2.41. The van der Waals surface area contributed by atoms with Crippen LogP contribution < -0.4 is 5.32 Å². The molecule has 1 aromatic heterocycles. The Morgan fingerprint density at radius 2 is 2.08 bits per heavy atom. The molecule has 0 saturated carbocycles. The molecular formula is C14H14F3N3O5. The number of carbonyl (C=O) groups is 2. The molecule has 25 heavy (non-hydrogen) atoms. The highest BCUT2D eigenvalue weighted by atomic mass is 19.4. The number of carbonyl (C=O) groups excluding carboxylic acids is 2. The van der Waals surface area contributed by atoms with Gasteiger partial charge in [0, 0.05) is 13.0 Å². The Hall–Kier alpha value is -2.71. The molecule has 1 unspecified atom stereocenters. The third-order valence-corrected chi connectivity index (χ3v) is 2.93. The molecule has 0 aliphatic carbocycles. The topological polar surface area (TPSA) is 133 Å². The molecule has 11 heteroatoms. The van der Waals surface area contributed by atoms with Crippen molar-refractivity contribution in [1.82, 2.24) is 4.98 Å². The van der Waals surface area contributed by atoms with Crippen LogP contribution in [-0.2, 0) is 20.5 Å². The van der Waals surface area contributed by atoms with Crippen LogP contribution in [0.25, 0.3) is 0 Å². The van der Waals surface area contributed by atoms with E-state index in [-0.39, 0.29) is 19.6 Å². The minimum Gasteiger partial charge on any atom is -0.463 e.